The lowest BCUT2D eigenvalue weighted by atomic mass is 9.99. The highest BCUT2D eigenvalue weighted by Crippen LogP contribution is 2.28. The van der Waals surface area contributed by atoms with Crippen molar-refractivity contribution in [2.24, 2.45) is 0 Å². The first-order valence-electron chi connectivity index (χ1n) is 7.79. The van der Waals surface area contributed by atoms with Crippen molar-refractivity contribution in [1.29, 1.82) is 0 Å². The second-order valence-corrected chi connectivity index (χ2v) is 5.97. The van der Waals surface area contributed by atoms with E-state index in [9.17, 15) is 4.39 Å². The Balaban J connectivity index is 1.77. The molecule has 24 heavy (non-hydrogen) atoms. The van der Waals surface area contributed by atoms with Gasteiger partial charge in [0.25, 0.3) is 0 Å². The fourth-order valence-electron chi connectivity index (χ4n) is 2.79. The molecule has 1 N–H and O–H groups in total. The van der Waals surface area contributed by atoms with Gasteiger partial charge >= 0.3 is 0 Å². The van der Waals surface area contributed by atoms with Crippen molar-refractivity contribution in [2.75, 3.05) is 0 Å². The second-order valence-electron chi connectivity index (χ2n) is 5.97. The molecule has 0 saturated carbocycles. The average Bonchev–Trinajstić information content (AvgIpc) is 3.01. The highest BCUT2D eigenvalue weighted by molar-refractivity contribution is 5.79. The van der Waals surface area contributed by atoms with E-state index in [1.165, 1.54) is 11.1 Å². The van der Waals surface area contributed by atoms with Crippen molar-refractivity contribution in [1.82, 2.24) is 15.0 Å². The van der Waals surface area contributed by atoms with Crippen LogP contribution in [-0.4, -0.2) is 15.0 Å². The van der Waals surface area contributed by atoms with E-state index in [2.05, 4.69) is 40.9 Å². The van der Waals surface area contributed by atoms with Crippen LogP contribution in [0.2, 0.25) is 0 Å². The third-order valence-electron chi connectivity index (χ3n) is 4.35. The SMILES string of the molecule is Cc1ccc(-c2ccc(-c3nc4ccncc4[nH]3)c(F)c2)cc1C. The summed E-state index contributed by atoms with van der Waals surface area (Å²) in [7, 11) is 0. The average molecular weight is 317 g/mol. The summed E-state index contributed by atoms with van der Waals surface area (Å²) in [4.78, 5) is 11.6. The molecule has 3 nitrogen and oxygen atoms in total. The highest BCUT2D eigenvalue weighted by atomic mass is 19.1. The van der Waals surface area contributed by atoms with Gasteiger partial charge in [0.05, 0.1) is 22.8 Å². The van der Waals surface area contributed by atoms with Gasteiger partial charge in [-0.2, -0.15) is 0 Å². The molecule has 0 aliphatic carbocycles. The molecule has 2 aromatic heterocycles. The van der Waals surface area contributed by atoms with Gasteiger partial charge < -0.3 is 4.98 Å². The van der Waals surface area contributed by atoms with E-state index in [0.717, 1.165) is 22.2 Å². The smallest absolute Gasteiger partial charge is 0.141 e. The van der Waals surface area contributed by atoms with Crippen molar-refractivity contribution in [3.05, 3.63) is 71.8 Å². The molecule has 0 spiro atoms. The van der Waals surface area contributed by atoms with Crippen molar-refractivity contribution in [2.45, 2.75) is 13.8 Å². The number of rotatable bonds is 2. The summed E-state index contributed by atoms with van der Waals surface area (Å²) in [5.41, 5.74) is 6.32. The molecule has 2 aromatic carbocycles. The number of aromatic amines is 1. The Bertz CT molecular complexity index is 1020. The molecule has 0 saturated heterocycles. The maximum atomic E-state index is 14.7. The van der Waals surface area contributed by atoms with Gasteiger partial charge in [0.1, 0.15) is 11.6 Å². The fourth-order valence-corrected chi connectivity index (χ4v) is 2.79. The van der Waals surface area contributed by atoms with E-state index in [-0.39, 0.29) is 5.82 Å². The molecule has 0 bridgehead atoms. The summed E-state index contributed by atoms with van der Waals surface area (Å²) < 4.78 is 14.7. The van der Waals surface area contributed by atoms with E-state index < -0.39 is 0 Å². The standard InChI is InChI=1S/C20H16FN3/c1-12-3-4-14(9-13(12)2)15-5-6-16(17(21)10-15)20-23-18-7-8-22-11-19(18)24-20/h3-11H,1-2H3,(H,23,24). The monoisotopic (exact) mass is 317 g/mol. The van der Waals surface area contributed by atoms with Crippen molar-refractivity contribution in [3.63, 3.8) is 0 Å². The number of H-pyrrole nitrogens is 1. The third-order valence-corrected chi connectivity index (χ3v) is 4.35. The van der Waals surface area contributed by atoms with Crippen LogP contribution in [0.4, 0.5) is 4.39 Å². The van der Waals surface area contributed by atoms with Crippen LogP contribution >= 0.6 is 0 Å². The van der Waals surface area contributed by atoms with E-state index in [1.54, 1.807) is 30.6 Å². The molecule has 0 unspecified atom stereocenters. The highest BCUT2D eigenvalue weighted by Gasteiger charge is 2.11. The topological polar surface area (TPSA) is 41.6 Å². The van der Waals surface area contributed by atoms with Gasteiger partial charge in [-0.05, 0) is 54.3 Å². The van der Waals surface area contributed by atoms with Crippen molar-refractivity contribution in [3.8, 4) is 22.5 Å². The normalized spacial score (nSPS) is 11.1. The van der Waals surface area contributed by atoms with Crippen LogP contribution in [0.3, 0.4) is 0 Å². The van der Waals surface area contributed by atoms with Gasteiger partial charge in [-0.3, -0.25) is 4.98 Å². The zero-order valence-corrected chi connectivity index (χ0v) is 13.5. The summed E-state index contributed by atoms with van der Waals surface area (Å²) in [6.45, 7) is 4.13. The van der Waals surface area contributed by atoms with Crippen molar-refractivity contribution >= 4 is 11.0 Å². The molecule has 2 heterocycles. The van der Waals surface area contributed by atoms with Gasteiger partial charge in [-0.15, -0.1) is 0 Å². The first-order valence-corrected chi connectivity index (χ1v) is 7.79. The largest absolute Gasteiger partial charge is 0.337 e. The Morgan fingerprint density at radius 1 is 0.917 bits per heavy atom. The summed E-state index contributed by atoms with van der Waals surface area (Å²) in [6.07, 6.45) is 3.36. The van der Waals surface area contributed by atoms with Gasteiger partial charge in [0.2, 0.25) is 0 Å². The molecule has 0 radical (unpaired) electrons. The first kappa shape index (κ1) is 14.6. The van der Waals surface area contributed by atoms with Crippen LogP contribution in [0.1, 0.15) is 11.1 Å². The third kappa shape index (κ3) is 2.46. The molecular weight excluding hydrogens is 301 g/mol. The Labute approximate surface area is 139 Å². The van der Waals surface area contributed by atoms with E-state index in [4.69, 9.17) is 0 Å². The molecular formula is C20H16FN3. The molecule has 0 atom stereocenters. The number of hydrogen-bond donors (Lipinski definition) is 1. The lowest BCUT2D eigenvalue weighted by Gasteiger charge is -2.07. The molecule has 4 heteroatoms. The van der Waals surface area contributed by atoms with Crippen LogP contribution in [0.15, 0.2) is 54.9 Å². The minimum absolute atomic E-state index is 0.294. The maximum Gasteiger partial charge on any atom is 0.141 e. The summed E-state index contributed by atoms with van der Waals surface area (Å²) in [6, 6.07) is 13.2. The number of pyridine rings is 1. The Kier molecular flexibility index (Phi) is 3.38. The lowest BCUT2D eigenvalue weighted by Crippen LogP contribution is -1.89. The zero-order chi connectivity index (χ0) is 16.7. The number of nitrogens with one attached hydrogen (secondary N) is 1. The summed E-state index contributed by atoms with van der Waals surface area (Å²) >= 11 is 0. The predicted molar refractivity (Wildman–Crippen MR) is 94.2 cm³/mol. The van der Waals surface area contributed by atoms with Crippen LogP contribution in [-0.2, 0) is 0 Å². The van der Waals surface area contributed by atoms with Crippen LogP contribution < -0.4 is 0 Å². The molecule has 0 fully saturated rings. The predicted octanol–water partition coefficient (Wildman–Crippen LogP) is 5.05. The van der Waals surface area contributed by atoms with Crippen LogP contribution in [0.5, 0.6) is 0 Å². The summed E-state index contributed by atoms with van der Waals surface area (Å²) in [5, 5.41) is 0. The van der Waals surface area contributed by atoms with Crippen molar-refractivity contribution < 1.29 is 4.39 Å². The number of hydrogen-bond acceptors (Lipinski definition) is 2. The van der Waals surface area contributed by atoms with Gasteiger partial charge in [-0.1, -0.05) is 24.3 Å². The Morgan fingerprint density at radius 2 is 1.71 bits per heavy atom. The maximum absolute atomic E-state index is 14.7. The molecule has 0 amide bonds. The molecule has 0 aliphatic heterocycles. The zero-order valence-electron chi connectivity index (χ0n) is 13.5. The second kappa shape index (κ2) is 5.57. The van der Waals surface area contributed by atoms with E-state index >= 15 is 0 Å². The number of aromatic nitrogens is 3. The van der Waals surface area contributed by atoms with E-state index in [1.807, 2.05) is 12.1 Å². The Hall–Kier alpha value is -3.01. The summed E-state index contributed by atoms with van der Waals surface area (Å²) in [5.74, 6) is 0.222. The lowest BCUT2D eigenvalue weighted by molar-refractivity contribution is 0.631. The molecule has 0 aliphatic rings. The molecule has 118 valence electrons. The minimum atomic E-state index is -0.294. The van der Waals surface area contributed by atoms with Crippen LogP contribution in [0, 0.1) is 19.7 Å². The minimum Gasteiger partial charge on any atom is -0.337 e. The first-order chi connectivity index (χ1) is 11.6. The molecule has 4 rings (SSSR count). The molecule has 4 aromatic rings. The quantitative estimate of drug-likeness (QED) is 0.562. The number of aryl methyl sites for hydroxylation is 2. The van der Waals surface area contributed by atoms with Crippen LogP contribution in [0.25, 0.3) is 33.5 Å². The Morgan fingerprint density at radius 3 is 2.46 bits per heavy atom. The number of benzene rings is 2. The van der Waals surface area contributed by atoms with Gasteiger partial charge in [-0.25, -0.2) is 9.37 Å². The number of fused-ring (bicyclic) bond motifs is 1. The number of halogens is 1. The fraction of sp³-hybridized carbons (Fsp3) is 0.100. The van der Waals surface area contributed by atoms with E-state index in [0.29, 0.717) is 11.4 Å². The van der Waals surface area contributed by atoms with Gasteiger partial charge in [0, 0.05) is 6.20 Å². The number of imidazole rings is 1. The number of nitrogens with zero attached hydrogens (tertiary/aromatic N) is 2. The van der Waals surface area contributed by atoms with Gasteiger partial charge in [0.15, 0.2) is 0 Å².